The molecule has 1 amide bonds. The van der Waals surface area contributed by atoms with Crippen LogP contribution >= 0.6 is 23.2 Å². The molecule has 1 aliphatic rings. The Balaban J connectivity index is 1.60. The van der Waals surface area contributed by atoms with Crippen molar-refractivity contribution in [2.24, 2.45) is 0 Å². The number of benzene rings is 2. The number of rotatable bonds is 7. The summed E-state index contributed by atoms with van der Waals surface area (Å²) in [5.41, 5.74) is 1.74. The van der Waals surface area contributed by atoms with E-state index in [2.05, 4.69) is 34.9 Å². The molecule has 0 spiro atoms. The van der Waals surface area contributed by atoms with Crippen LogP contribution in [0.15, 0.2) is 48.5 Å². The maximum absolute atomic E-state index is 12.6. The van der Waals surface area contributed by atoms with Crippen molar-refractivity contribution < 1.29 is 9.53 Å². The monoisotopic (exact) mass is 434 g/mol. The minimum Gasteiger partial charge on any atom is -0.381 e. The van der Waals surface area contributed by atoms with Crippen molar-refractivity contribution in [3.8, 4) is 0 Å². The fourth-order valence-electron chi connectivity index (χ4n) is 3.74. The number of hydrogen-bond acceptors (Lipinski definition) is 3. The first kappa shape index (κ1) is 22.1. The van der Waals surface area contributed by atoms with E-state index < -0.39 is 5.54 Å². The van der Waals surface area contributed by atoms with Gasteiger partial charge in [-0.1, -0.05) is 59.6 Å². The fraction of sp³-hybridized carbons (Fsp3) is 0.435. The maximum atomic E-state index is 12.6. The molecule has 0 atom stereocenters. The molecule has 0 aliphatic carbocycles. The van der Waals surface area contributed by atoms with Gasteiger partial charge in [-0.25, -0.2) is 0 Å². The van der Waals surface area contributed by atoms with Crippen LogP contribution in [0.1, 0.15) is 37.8 Å². The molecule has 0 radical (unpaired) electrons. The van der Waals surface area contributed by atoms with Crippen molar-refractivity contribution in [2.75, 3.05) is 26.3 Å². The van der Waals surface area contributed by atoms with Gasteiger partial charge in [0, 0.05) is 30.7 Å². The Labute approximate surface area is 182 Å². The lowest BCUT2D eigenvalue weighted by atomic mass is 9.74. The van der Waals surface area contributed by atoms with Crippen LogP contribution in [0.3, 0.4) is 0 Å². The Hall–Kier alpha value is -1.59. The van der Waals surface area contributed by atoms with Gasteiger partial charge >= 0.3 is 0 Å². The second-order valence-corrected chi connectivity index (χ2v) is 8.96. The highest BCUT2D eigenvalue weighted by Gasteiger charge is 2.34. The molecule has 2 aromatic carbocycles. The largest absolute Gasteiger partial charge is 0.381 e. The first-order chi connectivity index (χ1) is 13.8. The van der Waals surface area contributed by atoms with Crippen LogP contribution in [0.5, 0.6) is 0 Å². The average Bonchev–Trinajstić information content (AvgIpc) is 2.74. The van der Waals surface area contributed by atoms with E-state index in [4.69, 9.17) is 27.9 Å². The van der Waals surface area contributed by atoms with E-state index in [1.54, 1.807) is 6.07 Å². The number of nitrogens with one attached hydrogen (secondary N) is 2. The maximum Gasteiger partial charge on any atom is 0.234 e. The quantitative estimate of drug-likeness (QED) is 0.664. The third-order valence-electron chi connectivity index (χ3n) is 5.79. The second kappa shape index (κ2) is 9.48. The zero-order valence-electron chi connectivity index (χ0n) is 16.9. The van der Waals surface area contributed by atoms with Crippen LogP contribution in [-0.4, -0.2) is 32.2 Å². The Morgan fingerprint density at radius 3 is 2.41 bits per heavy atom. The standard InChI is InChI=1S/C23H28Cl2N2O2/c1-22(2,18-8-9-19(24)20(25)14-18)27-15-21(28)26-16-23(10-12-29-13-11-23)17-6-4-3-5-7-17/h3-9,14,27H,10-13,15-16H2,1-2H3,(H,26,28). The first-order valence-corrected chi connectivity index (χ1v) is 10.7. The van der Waals surface area contributed by atoms with Gasteiger partial charge in [-0.2, -0.15) is 0 Å². The molecule has 0 aromatic heterocycles. The van der Waals surface area contributed by atoms with E-state index in [1.807, 2.05) is 32.0 Å². The summed E-state index contributed by atoms with van der Waals surface area (Å²) >= 11 is 12.2. The molecule has 3 rings (SSSR count). The van der Waals surface area contributed by atoms with Crippen LogP contribution in [0.2, 0.25) is 10.0 Å². The fourth-order valence-corrected chi connectivity index (χ4v) is 4.04. The third kappa shape index (κ3) is 5.52. The number of carbonyl (C=O) groups excluding carboxylic acids is 1. The summed E-state index contributed by atoms with van der Waals surface area (Å²) in [6, 6.07) is 15.9. The molecule has 0 bridgehead atoms. The second-order valence-electron chi connectivity index (χ2n) is 8.14. The predicted octanol–water partition coefficient (Wildman–Crippen LogP) is 4.68. The summed E-state index contributed by atoms with van der Waals surface area (Å²) in [7, 11) is 0. The Morgan fingerprint density at radius 2 is 1.76 bits per heavy atom. The van der Waals surface area contributed by atoms with Gasteiger partial charge < -0.3 is 10.1 Å². The topological polar surface area (TPSA) is 50.4 Å². The smallest absolute Gasteiger partial charge is 0.234 e. The normalized spacial score (nSPS) is 16.4. The number of ether oxygens (including phenoxy) is 1. The predicted molar refractivity (Wildman–Crippen MR) is 119 cm³/mol. The lowest BCUT2D eigenvalue weighted by Gasteiger charge is -2.38. The van der Waals surface area contributed by atoms with Crippen LogP contribution < -0.4 is 10.6 Å². The Morgan fingerprint density at radius 1 is 1.07 bits per heavy atom. The summed E-state index contributed by atoms with van der Waals surface area (Å²) in [6.07, 6.45) is 1.80. The minimum absolute atomic E-state index is 0.0278. The van der Waals surface area contributed by atoms with E-state index in [-0.39, 0.29) is 17.9 Å². The van der Waals surface area contributed by atoms with Crippen LogP contribution in [0.25, 0.3) is 0 Å². The van der Waals surface area contributed by atoms with Gasteiger partial charge in [-0.3, -0.25) is 10.1 Å². The van der Waals surface area contributed by atoms with Crippen LogP contribution in [0, 0.1) is 0 Å². The molecule has 1 saturated heterocycles. The van der Waals surface area contributed by atoms with Gasteiger partial charge in [0.2, 0.25) is 5.91 Å². The van der Waals surface area contributed by atoms with Gasteiger partial charge in [-0.15, -0.1) is 0 Å². The molecule has 1 fully saturated rings. The van der Waals surface area contributed by atoms with Crippen molar-refractivity contribution >= 4 is 29.1 Å². The van der Waals surface area contributed by atoms with E-state index in [0.29, 0.717) is 29.8 Å². The number of carbonyl (C=O) groups is 1. The highest BCUT2D eigenvalue weighted by Crippen LogP contribution is 2.34. The Bertz CT molecular complexity index is 834. The minimum atomic E-state index is -0.415. The summed E-state index contributed by atoms with van der Waals surface area (Å²) in [6.45, 7) is 6.29. The summed E-state index contributed by atoms with van der Waals surface area (Å²) < 4.78 is 5.57. The number of hydrogen-bond donors (Lipinski definition) is 2. The van der Waals surface area contributed by atoms with Gasteiger partial charge in [0.25, 0.3) is 0 Å². The average molecular weight is 435 g/mol. The molecule has 29 heavy (non-hydrogen) atoms. The van der Waals surface area contributed by atoms with Gasteiger partial charge in [-0.05, 0) is 49.9 Å². The van der Waals surface area contributed by atoms with Crippen LogP contribution in [0.4, 0.5) is 0 Å². The summed E-state index contributed by atoms with van der Waals surface area (Å²) in [5, 5.41) is 7.48. The van der Waals surface area contributed by atoms with E-state index in [9.17, 15) is 4.79 Å². The van der Waals surface area contributed by atoms with Crippen molar-refractivity contribution in [1.82, 2.24) is 10.6 Å². The highest BCUT2D eigenvalue weighted by atomic mass is 35.5. The van der Waals surface area contributed by atoms with E-state index in [1.165, 1.54) is 5.56 Å². The SMILES string of the molecule is CC(C)(NCC(=O)NCC1(c2ccccc2)CCOCC1)c1ccc(Cl)c(Cl)c1. The highest BCUT2D eigenvalue weighted by molar-refractivity contribution is 6.42. The van der Waals surface area contributed by atoms with Gasteiger partial charge in [0.15, 0.2) is 0 Å². The molecule has 0 saturated carbocycles. The molecule has 1 heterocycles. The number of halogens is 2. The zero-order chi connectivity index (χ0) is 20.9. The molecule has 6 heteroatoms. The summed E-state index contributed by atoms with van der Waals surface area (Å²) in [5.74, 6) is -0.0278. The van der Waals surface area contributed by atoms with Crippen molar-refractivity contribution in [3.63, 3.8) is 0 Å². The van der Waals surface area contributed by atoms with E-state index >= 15 is 0 Å². The van der Waals surface area contributed by atoms with E-state index in [0.717, 1.165) is 18.4 Å². The third-order valence-corrected chi connectivity index (χ3v) is 6.53. The molecular weight excluding hydrogens is 407 g/mol. The molecular formula is C23H28Cl2N2O2. The Kier molecular flexibility index (Phi) is 7.23. The zero-order valence-corrected chi connectivity index (χ0v) is 18.4. The summed E-state index contributed by atoms with van der Waals surface area (Å²) in [4.78, 5) is 12.6. The van der Waals surface area contributed by atoms with Crippen LogP contribution in [-0.2, 0) is 20.5 Å². The van der Waals surface area contributed by atoms with Crippen molar-refractivity contribution in [1.29, 1.82) is 0 Å². The lowest BCUT2D eigenvalue weighted by Crippen LogP contribution is -2.48. The van der Waals surface area contributed by atoms with Crippen molar-refractivity contribution in [2.45, 2.75) is 37.6 Å². The molecule has 156 valence electrons. The molecule has 2 N–H and O–H groups in total. The number of amides is 1. The molecule has 1 aliphatic heterocycles. The molecule has 4 nitrogen and oxygen atoms in total. The molecule has 0 unspecified atom stereocenters. The lowest BCUT2D eigenvalue weighted by molar-refractivity contribution is -0.121. The molecule has 2 aromatic rings. The van der Waals surface area contributed by atoms with Gasteiger partial charge in [0.05, 0.1) is 16.6 Å². The van der Waals surface area contributed by atoms with Crippen molar-refractivity contribution in [3.05, 3.63) is 69.7 Å². The van der Waals surface area contributed by atoms with Gasteiger partial charge in [0.1, 0.15) is 0 Å². The first-order valence-electron chi connectivity index (χ1n) is 9.93.